The number of halogens is 1. The second-order valence-electron chi connectivity index (χ2n) is 7.16. The number of nitrogens with zero attached hydrogens (tertiary/aromatic N) is 1. The summed E-state index contributed by atoms with van der Waals surface area (Å²) in [5, 5.41) is 2.84. The minimum atomic E-state index is -0.605. The minimum absolute atomic E-state index is 0.193. The van der Waals surface area contributed by atoms with Crippen LogP contribution in [0.4, 0.5) is 0 Å². The summed E-state index contributed by atoms with van der Waals surface area (Å²) in [6.07, 6.45) is 1.97. The highest BCUT2D eigenvalue weighted by Crippen LogP contribution is 2.27. The van der Waals surface area contributed by atoms with Crippen LogP contribution in [0.1, 0.15) is 22.5 Å². The molecule has 0 radical (unpaired) electrons. The van der Waals surface area contributed by atoms with E-state index in [1.807, 2.05) is 42.5 Å². The van der Waals surface area contributed by atoms with Gasteiger partial charge >= 0.3 is 0 Å². The molecule has 30 heavy (non-hydrogen) atoms. The molecule has 1 fully saturated rings. The van der Waals surface area contributed by atoms with Crippen LogP contribution in [0.5, 0.6) is 0 Å². The molecule has 1 saturated heterocycles. The van der Waals surface area contributed by atoms with Crippen LogP contribution in [0.25, 0.3) is 11.1 Å². The summed E-state index contributed by atoms with van der Waals surface area (Å²) in [5.74, 6) is 0.235. The van der Waals surface area contributed by atoms with Crippen molar-refractivity contribution in [3.05, 3.63) is 95.4 Å². The van der Waals surface area contributed by atoms with E-state index >= 15 is 0 Å². The van der Waals surface area contributed by atoms with Gasteiger partial charge in [0.1, 0.15) is 11.8 Å². The van der Waals surface area contributed by atoms with Crippen LogP contribution < -0.4 is 5.32 Å². The first kappa shape index (κ1) is 20.0. The number of carbonyl (C=O) groups excluding carboxylic acids is 2. The van der Waals surface area contributed by atoms with Crippen molar-refractivity contribution in [1.82, 2.24) is 10.2 Å². The first-order valence-corrected chi connectivity index (χ1v) is 10.1. The second-order valence-corrected chi connectivity index (χ2v) is 7.38. The highest BCUT2D eigenvalue weighted by molar-refractivity contribution is 6.25. The molecule has 4 rings (SSSR count). The van der Waals surface area contributed by atoms with E-state index in [4.69, 9.17) is 16.0 Å². The third-order valence-electron chi connectivity index (χ3n) is 5.18. The van der Waals surface area contributed by atoms with Gasteiger partial charge in [-0.05, 0) is 41.0 Å². The van der Waals surface area contributed by atoms with E-state index in [-0.39, 0.29) is 18.4 Å². The molecule has 0 bridgehead atoms. The van der Waals surface area contributed by atoms with Crippen molar-refractivity contribution in [3.8, 4) is 11.1 Å². The highest BCUT2D eigenvalue weighted by Gasteiger charge is 2.37. The summed E-state index contributed by atoms with van der Waals surface area (Å²) in [4.78, 5) is 27.5. The Hall–Kier alpha value is -3.31. The number of hydrogen-bond acceptors (Lipinski definition) is 3. The van der Waals surface area contributed by atoms with E-state index in [1.54, 1.807) is 35.4 Å². The monoisotopic (exact) mass is 420 g/mol. The van der Waals surface area contributed by atoms with E-state index in [0.717, 1.165) is 16.7 Å². The fourth-order valence-corrected chi connectivity index (χ4v) is 3.74. The van der Waals surface area contributed by atoms with E-state index in [9.17, 15) is 9.59 Å². The molecule has 1 aliphatic rings. The third-order valence-corrected chi connectivity index (χ3v) is 5.49. The number of rotatable bonds is 5. The molecule has 3 aromatic rings. The number of amides is 2. The van der Waals surface area contributed by atoms with E-state index < -0.39 is 6.04 Å². The van der Waals surface area contributed by atoms with Gasteiger partial charge < -0.3 is 14.6 Å². The molecule has 2 amide bonds. The zero-order valence-corrected chi connectivity index (χ0v) is 17.0. The molecule has 5 nitrogen and oxygen atoms in total. The summed E-state index contributed by atoms with van der Waals surface area (Å²) < 4.78 is 5.25. The molecule has 2 aromatic carbocycles. The van der Waals surface area contributed by atoms with Gasteiger partial charge in [-0.3, -0.25) is 9.59 Å². The molecule has 152 valence electrons. The molecular weight excluding hydrogens is 400 g/mol. The number of benzene rings is 2. The van der Waals surface area contributed by atoms with Crippen molar-refractivity contribution in [3.63, 3.8) is 0 Å². The number of likely N-dealkylation sites (tertiary alicyclic amines) is 1. The molecule has 0 aliphatic carbocycles. The van der Waals surface area contributed by atoms with Crippen LogP contribution in [0.3, 0.4) is 0 Å². The van der Waals surface area contributed by atoms with E-state index in [0.29, 0.717) is 24.3 Å². The van der Waals surface area contributed by atoms with Crippen molar-refractivity contribution in [1.29, 1.82) is 0 Å². The maximum absolute atomic E-state index is 13.2. The maximum atomic E-state index is 13.2. The topological polar surface area (TPSA) is 62.6 Å². The summed E-state index contributed by atoms with van der Waals surface area (Å²) >= 11 is 5.89. The average Bonchev–Trinajstić information content (AvgIpc) is 3.48. The lowest BCUT2D eigenvalue weighted by Crippen LogP contribution is -2.45. The van der Waals surface area contributed by atoms with Crippen molar-refractivity contribution < 1.29 is 14.0 Å². The second kappa shape index (κ2) is 9.01. The van der Waals surface area contributed by atoms with Crippen LogP contribution in [0.15, 0.2) is 88.5 Å². The normalized spacial score (nSPS) is 17.3. The van der Waals surface area contributed by atoms with Gasteiger partial charge in [0, 0.05) is 24.1 Å². The van der Waals surface area contributed by atoms with Gasteiger partial charge in [-0.25, -0.2) is 0 Å². The number of nitrogens with one attached hydrogen (secondary N) is 1. The molecule has 1 aliphatic heterocycles. The molecule has 2 heterocycles. The predicted molar refractivity (Wildman–Crippen MR) is 116 cm³/mol. The van der Waals surface area contributed by atoms with Gasteiger partial charge in [0.2, 0.25) is 5.91 Å². The molecule has 0 saturated carbocycles. The summed E-state index contributed by atoms with van der Waals surface area (Å²) in [7, 11) is 0. The Labute approximate surface area is 180 Å². The Morgan fingerprint density at radius 1 is 1.03 bits per heavy atom. The molecular formula is C24H21ClN2O3. The quantitative estimate of drug-likeness (QED) is 0.656. The molecule has 6 heteroatoms. The lowest BCUT2D eigenvalue weighted by Gasteiger charge is -2.23. The van der Waals surface area contributed by atoms with Gasteiger partial charge in [-0.15, -0.1) is 0 Å². The van der Waals surface area contributed by atoms with Crippen molar-refractivity contribution in [2.75, 3.05) is 6.54 Å². The van der Waals surface area contributed by atoms with Gasteiger partial charge in [0.15, 0.2) is 0 Å². The molecule has 1 atom stereocenters. The highest BCUT2D eigenvalue weighted by atomic mass is 35.5. The van der Waals surface area contributed by atoms with Crippen LogP contribution in [0, 0.1) is 0 Å². The Kier molecular flexibility index (Phi) is 6.00. The number of hydrogen-bond donors (Lipinski definition) is 1. The van der Waals surface area contributed by atoms with E-state index in [2.05, 4.69) is 5.32 Å². The Balaban J connectivity index is 1.49. The predicted octanol–water partition coefficient (Wildman–Crippen LogP) is 4.60. The lowest BCUT2D eigenvalue weighted by molar-refractivity contribution is -0.125. The smallest absolute Gasteiger partial charge is 0.254 e. The van der Waals surface area contributed by atoms with Crippen LogP contribution in [-0.2, 0) is 11.3 Å². The molecule has 0 spiro atoms. The largest absolute Gasteiger partial charge is 0.467 e. The first-order chi connectivity index (χ1) is 14.7. The van der Waals surface area contributed by atoms with Gasteiger partial charge in [-0.2, -0.15) is 0 Å². The summed E-state index contributed by atoms with van der Waals surface area (Å²) in [6.45, 7) is 0.609. The van der Waals surface area contributed by atoms with Crippen LogP contribution >= 0.6 is 11.6 Å². The van der Waals surface area contributed by atoms with Gasteiger partial charge in [0.25, 0.3) is 5.91 Å². The summed E-state index contributed by atoms with van der Waals surface area (Å²) in [6, 6.07) is 20.3. The Morgan fingerprint density at radius 2 is 1.77 bits per heavy atom. The number of furan rings is 1. The fraction of sp³-hybridized carbons (Fsp3) is 0.167. The third kappa shape index (κ3) is 4.31. The lowest BCUT2D eigenvalue weighted by atomic mass is 10.0. The Bertz CT molecular complexity index is 1040. The zero-order chi connectivity index (χ0) is 20.9. The van der Waals surface area contributed by atoms with Crippen LogP contribution in [0.2, 0.25) is 0 Å². The van der Waals surface area contributed by atoms with E-state index in [1.165, 1.54) is 5.54 Å². The van der Waals surface area contributed by atoms with Crippen LogP contribution in [-0.4, -0.2) is 29.3 Å². The average molecular weight is 421 g/mol. The van der Waals surface area contributed by atoms with Crippen molar-refractivity contribution in [2.45, 2.75) is 19.0 Å². The zero-order valence-electron chi connectivity index (χ0n) is 16.3. The van der Waals surface area contributed by atoms with Crippen molar-refractivity contribution in [2.24, 2.45) is 0 Å². The standard InChI is InChI=1S/C24H21ClN2O3/c25-14-17-13-22(23(28)26-15-21-7-4-12-30-21)27(16-17)24(29)20-10-8-19(9-11-20)18-5-2-1-3-6-18/h1-12,14,22H,13,15-16H2,(H,26,28)/b17-14+/t22-/m0/s1. The van der Waals surface area contributed by atoms with Gasteiger partial charge in [-0.1, -0.05) is 54.1 Å². The van der Waals surface area contributed by atoms with Gasteiger partial charge in [0.05, 0.1) is 12.8 Å². The van der Waals surface area contributed by atoms with Crippen molar-refractivity contribution >= 4 is 23.4 Å². The number of carbonyl (C=O) groups is 2. The molecule has 1 N–H and O–H groups in total. The molecule has 0 unspecified atom stereocenters. The fourth-order valence-electron chi connectivity index (χ4n) is 3.59. The SMILES string of the molecule is O=C(NCc1ccco1)[C@@H]1C/C(=C\Cl)CN1C(=O)c1ccc(-c2ccccc2)cc1. The Morgan fingerprint density at radius 3 is 2.43 bits per heavy atom. The minimum Gasteiger partial charge on any atom is -0.467 e. The molecule has 1 aromatic heterocycles. The first-order valence-electron chi connectivity index (χ1n) is 9.70. The maximum Gasteiger partial charge on any atom is 0.254 e. The summed E-state index contributed by atoms with van der Waals surface area (Å²) in [5.41, 5.74) is 4.96.